The number of hydrogen-bond donors (Lipinski definition) is 3. The number of hydrogen-bond acceptors (Lipinski definition) is 3. The van der Waals surface area contributed by atoms with Crippen molar-refractivity contribution in [2.75, 3.05) is 19.0 Å². The van der Waals surface area contributed by atoms with Crippen molar-refractivity contribution >= 4 is 33.6 Å². The molecule has 110 valence electrons. The van der Waals surface area contributed by atoms with Crippen LogP contribution in [0.2, 0.25) is 0 Å². The number of carboxylic acid groups (broad SMARTS) is 1. The fourth-order valence-electron chi connectivity index (χ4n) is 1.42. The first-order valence-electron chi connectivity index (χ1n) is 5.69. The quantitative estimate of drug-likeness (QED) is 0.735. The molecular formula is C12H14BrFN2O4. The molecule has 1 unspecified atom stereocenters. The van der Waals surface area contributed by atoms with E-state index in [1.807, 2.05) is 0 Å². The summed E-state index contributed by atoms with van der Waals surface area (Å²) in [5.74, 6) is -1.82. The van der Waals surface area contributed by atoms with E-state index in [9.17, 15) is 14.0 Å². The van der Waals surface area contributed by atoms with Crippen LogP contribution in [0.1, 0.15) is 6.42 Å². The summed E-state index contributed by atoms with van der Waals surface area (Å²) in [6.45, 7) is 0.181. The number of halogens is 2. The van der Waals surface area contributed by atoms with Crippen molar-refractivity contribution in [1.82, 2.24) is 5.32 Å². The number of benzene rings is 1. The van der Waals surface area contributed by atoms with E-state index in [1.165, 1.54) is 19.2 Å². The van der Waals surface area contributed by atoms with Gasteiger partial charge in [0.25, 0.3) is 0 Å². The van der Waals surface area contributed by atoms with Crippen molar-refractivity contribution in [3.63, 3.8) is 0 Å². The van der Waals surface area contributed by atoms with Crippen LogP contribution in [0.3, 0.4) is 0 Å². The molecule has 0 spiro atoms. The molecule has 0 aliphatic heterocycles. The van der Waals surface area contributed by atoms with Crippen LogP contribution in [0, 0.1) is 5.82 Å². The van der Waals surface area contributed by atoms with Crippen molar-refractivity contribution in [2.45, 2.75) is 12.5 Å². The zero-order chi connectivity index (χ0) is 15.1. The van der Waals surface area contributed by atoms with Gasteiger partial charge in [-0.2, -0.15) is 0 Å². The van der Waals surface area contributed by atoms with Gasteiger partial charge in [-0.25, -0.2) is 14.0 Å². The summed E-state index contributed by atoms with van der Waals surface area (Å²) in [6, 6.07) is 2.29. The van der Waals surface area contributed by atoms with Crippen LogP contribution in [0.4, 0.5) is 14.9 Å². The maximum Gasteiger partial charge on any atom is 0.326 e. The summed E-state index contributed by atoms with van der Waals surface area (Å²) in [5, 5.41) is 13.4. The maximum absolute atomic E-state index is 13.5. The predicted octanol–water partition coefficient (Wildman–Crippen LogP) is 2.20. The third kappa shape index (κ3) is 4.78. The predicted molar refractivity (Wildman–Crippen MR) is 74.2 cm³/mol. The number of rotatable bonds is 6. The molecule has 1 aromatic rings. The average molecular weight is 349 g/mol. The summed E-state index contributed by atoms with van der Waals surface area (Å²) in [5.41, 5.74) is -0.0547. The van der Waals surface area contributed by atoms with E-state index >= 15 is 0 Å². The van der Waals surface area contributed by atoms with Crippen LogP contribution < -0.4 is 10.6 Å². The first kappa shape index (κ1) is 16.4. The van der Waals surface area contributed by atoms with E-state index in [0.29, 0.717) is 4.47 Å². The lowest BCUT2D eigenvalue weighted by atomic mass is 10.2. The maximum atomic E-state index is 13.5. The summed E-state index contributed by atoms with van der Waals surface area (Å²) in [6.07, 6.45) is 0.109. The number of nitrogens with one attached hydrogen (secondary N) is 2. The van der Waals surface area contributed by atoms with Crippen molar-refractivity contribution in [3.05, 3.63) is 28.5 Å². The summed E-state index contributed by atoms with van der Waals surface area (Å²) in [7, 11) is 1.43. The first-order chi connectivity index (χ1) is 9.45. The van der Waals surface area contributed by atoms with E-state index in [-0.39, 0.29) is 18.7 Å². The highest BCUT2D eigenvalue weighted by Crippen LogP contribution is 2.24. The molecule has 0 saturated heterocycles. The molecule has 0 aromatic heterocycles. The van der Waals surface area contributed by atoms with Crippen LogP contribution in [0.5, 0.6) is 0 Å². The van der Waals surface area contributed by atoms with Crippen LogP contribution >= 0.6 is 15.9 Å². The Morgan fingerprint density at radius 1 is 1.50 bits per heavy atom. The number of urea groups is 1. The summed E-state index contributed by atoms with van der Waals surface area (Å²) >= 11 is 3.09. The molecule has 20 heavy (non-hydrogen) atoms. The van der Waals surface area contributed by atoms with Crippen LogP contribution in [0.15, 0.2) is 22.7 Å². The topological polar surface area (TPSA) is 87.7 Å². The second-order valence-corrected chi connectivity index (χ2v) is 4.72. The molecule has 0 fully saturated rings. The number of aliphatic carboxylic acids is 1. The molecule has 1 aromatic carbocycles. The molecule has 8 heteroatoms. The molecule has 1 rings (SSSR count). The molecule has 6 nitrogen and oxygen atoms in total. The molecule has 1 atom stereocenters. The SMILES string of the molecule is COCCC(NC(=O)Nc1c(F)cccc1Br)C(=O)O. The van der Waals surface area contributed by atoms with Crippen molar-refractivity contribution in [1.29, 1.82) is 0 Å². The molecular weight excluding hydrogens is 335 g/mol. The number of ether oxygens (including phenoxy) is 1. The lowest BCUT2D eigenvalue weighted by Crippen LogP contribution is -2.43. The lowest BCUT2D eigenvalue weighted by Gasteiger charge is -2.15. The van der Waals surface area contributed by atoms with Crippen LogP contribution in [-0.4, -0.2) is 36.9 Å². The third-order valence-corrected chi connectivity index (χ3v) is 3.08. The monoisotopic (exact) mass is 348 g/mol. The normalized spacial score (nSPS) is 11.8. The molecule has 0 aliphatic carbocycles. The van der Waals surface area contributed by atoms with E-state index in [1.54, 1.807) is 6.07 Å². The Labute approximate surface area is 123 Å². The Hall–Kier alpha value is -1.67. The summed E-state index contributed by atoms with van der Waals surface area (Å²) < 4.78 is 18.6. The zero-order valence-corrected chi connectivity index (χ0v) is 12.2. The second-order valence-electron chi connectivity index (χ2n) is 3.87. The lowest BCUT2D eigenvalue weighted by molar-refractivity contribution is -0.139. The van der Waals surface area contributed by atoms with E-state index < -0.39 is 23.9 Å². The summed E-state index contributed by atoms with van der Waals surface area (Å²) in [4.78, 5) is 22.6. The molecule has 0 saturated carbocycles. The van der Waals surface area contributed by atoms with Gasteiger partial charge in [0.2, 0.25) is 0 Å². The largest absolute Gasteiger partial charge is 0.480 e. The Balaban J connectivity index is 2.68. The third-order valence-electron chi connectivity index (χ3n) is 2.42. The standard InChI is InChI=1S/C12H14BrFN2O4/c1-20-6-5-9(11(17)18)15-12(19)16-10-7(13)3-2-4-8(10)14/h2-4,9H,5-6H2,1H3,(H,17,18)(H2,15,16,19). The molecule has 0 aliphatic rings. The fourth-order valence-corrected chi connectivity index (χ4v) is 1.86. The highest BCUT2D eigenvalue weighted by molar-refractivity contribution is 9.10. The molecule has 0 heterocycles. The van der Waals surface area contributed by atoms with Gasteiger partial charge >= 0.3 is 12.0 Å². The van der Waals surface area contributed by atoms with Crippen molar-refractivity contribution < 1.29 is 23.8 Å². The van der Waals surface area contributed by atoms with Gasteiger partial charge in [-0.05, 0) is 28.1 Å². The van der Waals surface area contributed by atoms with Crippen LogP contribution in [0.25, 0.3) is 0 Å². The minimum absolute atomic E-state index is 0.0547. The number of methoxy groups -OCH3 is 1. The van der Waals surface area contributed by atoms with E-state index in [4.69, 9.17) is 9.84 Å². The average Bonchev–Trinajstić information content (AvgIpc) is 2.38. The van der Waals surface area contributed by atoms with Gasteiger partial charge in [0.05, 0.1) is 5.69 Å². The smallest absolute Gasteiger partial charge is 0.326 e. The number of anilines is 1. The Morgan fingerprint density at radius 2 is 2.20 bits per heavy atom. The number of para-hydroxylation sites is 1. The van der Waals surface area contributed by atoms with Gasteiger partial charge in [-0.15, -0.1) is 0 Å². The minimum atomic E-state index is -1.19. The second kappa shape index (κ2) is 7.81. The molecule has 0 bridgehead atoms. The number of carboxylic acids is 1. The molecule has 2 amide bonds. The van der Waals surface area contributed by atoms with Gasteiger partial charge in [-0.3, -0.25) is 0 Å². The zero-order valence-electron chi connectivity index (χ0n) is 10.7. The van der Waals surface area contributed by atoms with Crippen LogP contribution in [-0.2, 0) is 9.53 Å². The molecule has 0 radical (unpaired) electrons. The van der Waals surface area contributed by atoms with Gasteiger partial charge in [0.1, 0.15) is 11.9 Å². The van der Waals surface area contributed by atoms with Gasteiger partial charge in [0.15, 0.2) is 0 Å². The van der Waals surface area contributed by atoms with E-state index in [0.717, 1.165) is 0 Å². The first-order valence-corrected chi connectivity index (χ1v) is 6.48. The van der Waals surface area contributed by atoms with E-state index in [2.05, 4.69) is 26.6 Å². The van der Waals surface area contributed by atoms with Crippen molar-refractivity contribution in [3.8, 4) is 0 Å². The number of carbonyl (C=O) groups is 2. The highest BCUT2D eigenvalue weighted by atomic mass is 79.9. The Bertz CT molecular complexity index is 478. The Morgan fingerprint density at radius 3 is 2.75 bits per heavy atom. The van der Waals surface area contributed by atoms with Gasteiger partial charge < -0.3 is 20.5 Å². The van der Waals surface area contributed by atoms with Crippen molar-refractivity contribution in [2.24, 2.45) is 0 Å². The highest BCUT2D eigenvalue weighted by Gasteiger charge is 2.20. The van der Waals surface area contributed by atoms with Gasteiger partial charge in [-0.1, -0.05) is 6.07 Å². The fraction of sp³-hybridized carbons (Fsp3) is 0.333. The Kier molecular flexibility index (Phi) is 6.40. The number of carbonyl (C=O) groups excluding carboxylic acids is 1. The number of amides is 2. The van der Waals surface area contributed by atoms with Gasteiger partial charge in [0, 0.05) is 24.6 Å². The minimum Gasteiger partial charge on any atom is -0.480 e. The molecule has 3 N–H and O–H groups in total.